The van der Waals surface area contributed by atoms with Crippen molar-refractivity contribution < 1.29 is 27.9 Å². The van der Waals surface area contributed by atoms with Gasteiger partial charge in [-0.15, -0.1) is 0 Å². The van der Waals surface area contributed by atoms with Gasteiger partial charge < -0.3 is 14.7 Å². The quantitative estimate of drug-likeness (QED) is 0.738. The summed E-state index contributed by atoms with van der Waals surface area (Å²) in [7, 11) is 0.975. The van der Waals surface area contributed by atoms with Gasteiger partial charge in [0.25, 0.3) is 0 Å². The first-order valence-electron chi connectivity index (χ1n) is 9.31. The van der Waals surface area contributed by atoms with E-state index in [4.69, 9.17) is 4.74 Å². The first-order valence-corrected chi connectivity index (χ1v) is 10.7. The van der Waals surface area contributed by atoms with E-state index >= 15 is 0 Å². The summed E-state index contributed by atoms with van der Waals surface area (Å²) in [6, 6.07) is 4.07. The van der Waals surface area contributed by atoms with E-state index in [1.54, 1.807) is 19.0 Å². The summed E-state index contributed by atoms with van der Waals surface area (Å²) in [5.74, 6) is -1.46. The van der Waals surface area contributed by atoms with Gasteiger partial charge in [-0.2, -0.15) is 4.31 Å². The maximum Gasteiger partial charge on any atom is 0.337 e. The largest absolute Gasteiger partial charge is 0.478 e. The molecule has 0 radical (unpaired) electrons. The van der Waals surface area contributed by atoms with E-state index in [1.165, 1.54) is 29.6 Å². The summed E-state index contributed by atoms with van der Waals surface area (Å²) in [4.78, 5) is 25.1. The third kappa shape index (κ3) is 3.60. The number of fused-ring (bicyclic) bond motifs is 1. The van der Waals surface area contributed by atoms with Crippen molar-refractivity contribution in [3.05, 3.63) is 23.8 Å². The number of esters is 1. The van der Waals surface area contributed by atoms with Gasteiger partial charge in [0, 0.05) is 26.7 Å². The van der Waals surface area contributed by atoms with Gasteiger partial charge in [-0.1, -0.05) is 0 Å². The number of ether oxygens (including phenoxy) is 1. The Hall–Kier alpha value is -2.13. The molecule has 0 bridgehead atoms. The standard InChI is InChI=1S/C19H26N2O6S/c1-20(2)17-7-5-14(11-15(17)18(22)23)28(25,26)21-9-8-12-10-13(19(24)27-3)4-6-16(12)21/h5,7,11-13,16H,4,6,8-10H2,1-3H3,(H,22,23). The van der Waals surface area contributed by atoms with Crippen molar-refractivity contribution in [2.24, 2.45) is 11.8 Å². The lowest BCUT2D eigenvalue weighted by Gasteiger charge is -2.34. The predicted octanol–water partition coefficient (Wildman–Crippen LogP) is 1.80. The molecular weight excluding hydrogens is 384 g/mol. The number of carbonyl (C=O) groups is 2. The molecule has 9 heteroatoms. The SMILES string of the molecule is COC(=O)C1CCC2C(CCN2S(=O)(=O)c2ccc(N(C)C)c(C(=O)O)c2)C1. The van der Waals surface area contributed by atoms with Gasteiger partial charge in [-0.25, -0.2) is 13.2 Å². The molecule has 3 rings (SSSR count). The maximum atomic E-state index is 13.2. The van der Waals surface area contributed by atoms with Crippen LogP contribution in [0, 0.1) is 11.8 Å². The zero-order valence-corrected chi connectivity index (χ0v) is 17.1. The molecule has 8 nitrogen and oxygen atoms in total. The normalized spacial score (nSPS) is 25.2. The Morgan fingerprint density at radius 3 is 2.54 bits per heavy atom. The van der Waals surface area contributed by atoms with E-state index in [0.29, 0.717) is 37.9 Å². The van der Waals surface area contributed by atoms with Crippen molar-refractivity contribution in [2.75, 3.05) is 32.6 Å². The molecule has 0 amide bonds. The van der Waals surface area contributed by atoms with Crippen molar-refractivity contribution in [1.29, 1.82) is 0 Å². The number of anilines is 1. The molecule has 2 fully saturated rings. The number of hydrogen-bond acceptors (Lipinski definition) is 6. The number of carboxylic acid groups (broad SMARTS) is 1. The second kappa shape index (κ2) is 7.71. The van der Waals surface area contributed by atoms with Crippen molar-refractivity contribution in [1.82, 2.24) is 4.31 Å². The summed E-state index contributed by atoms with van der Waals surface area (Å²) in [6.07, 6.45) is 2.52. The van der Waals surface area contributed by atoms with Crippen LogP contribution in [0.25, 0.3) is 0 Å². The number of carbonyl (C=O) groups excluding carboxylic acids is 1. The fourth-order valence-electron chi connectivity index (χ4n) is 4.45. The number of aromatic carboxylic acids is 1. The van der Waals surface area contributed by atoms with E-state index in [9.17, 15) is 23.1 Å². The summed E-state index contributed by atoms with van der Waals surface area (Å²) in [6.45, 7) is 0.378. The smallest absolute Gasteiger partial charge is 0.337 e. The van der Waals surface area contributed by atoms with E-state index in [1.807, 2.05) is 0 Å². The van der Waals surface area contributed by atoms with Crippen LogP contribution >= 0.6 is 0 Å². The number of benzene rings is 1. The Bertz CT molecular complexity index is 882. The Morgan fingerprint density at radius 2 is 1.93 bits per heavy atom. The third-order valence-corrected chi connectivity index (χ3v) is 7.77. The minimum Gasteiger partial charge on any atom is -0.478 e. The first kappa shape index (κ1) is 20.6. The highest BCUT2D eigenvalue weighted by molar-refractivity contribution is 7.89. The Balaban J connectivity index is 1.87. The molecule has 154 valence electrons. The highest BCUT2D eigenvalue weighted by Crippen LogP contribution is 2.42. The number of hydrogen-bond donors (Lipinski definition) is 1. The lowest BCUT2D eigenvalue weighted by Crippen LogP contribution is -2.41. The molecule has 1 aliphatic carbocycles. The summed E-state index contributed by atoms with van der Waals surface area (Å²) in [5, 5.41) is 9.48. The fourth-order valence-corrected chi connectivity index (χ4v) is 6.21. The lowest BCUT2D eigenvalue weighted by atomic mass is 9.78. The average molecular weight is 410 g/mol. The predicted molar refractivity (Wildman–Crippen MR) is 103 cm³/mol. The van der Waals surface area contributed by atoms with Crippen LogP contribution in [-0.4, -0.2) is 63.6 Å². The molecule has 3 unspecified atom stereocenters. The van der Waals surface area contributed by atoms with Gasteiger partial charge in [0.2, 0.25) is 10.0 Å². The molecular formula is C19H26N2O6S. The Kier molecular flexibility index (Phi) is 5.67. The topological polar surface area (TPSA) is 104 Å². The zero-order valence-electron chi connectivity index (χ0n) is 16.3. The van der Waals surface area contributed by atoms with E-state index in [-0.39, 0.29) is 34.3 Å². The molecule has 0 aromatic heterocycles. The number of carboxylic acids is 1. The zero-order chi connectivity index (χ0) is 20.6. The van der Waals surface area contributed by atoms with Crippen LogP contribution in [0.2, 0.25) is 0 Å². The van der Waals surface area contributed by atoms with E-state index in [0.717, 1.165) is 0 Å². The van der Waals surface area contributed by atoms with Gasteiger partial charge >= 0.3 is 11.9 Å². The van der Waals surface area contributed by atoms with Crippen molar-refractivity contribution in [3.8, 4) is 0 Å². The molecule has 1 saturated heterocycles. The first-order chi connectivity index (χ1) is 13.2. The molecule has 28 heavy (non-hydrogen) atoms. The number of sulfonamides is 1. The summed E-state index contributed by atoms with van der Waals surface area (Å²) >= 11 is 0. The lowest BCUT2D eigenvalue weighted by molar-refractivity contribution is -0.147. The van der Waals surface area contributed by atoms with Crippen LogP contribution in [-0.2, 0) is 19.6 Å². The van der Waals surface area contributed by atoms with Crippen molar-refractivity contribution >= 4 is 27.6 Å². The van der Waals surface area contributed by atoms with Crippen LogP contribution in [0.3, 0.4) is 0 Å². The van der Waals surface area contributed by atoms with Gasteiger partial charge in [-0.05, 0) is 49.8 Å². The van der Waals surface area contributed by atoms with Crippen LogP contribution in [0.5, 0.6) is 0 Å². The van der Waals surface area contributed by atoms with Gasteiger partial charge in [0.05, 0.1) is 29.2 Å². The molecule has 1 N–H and O–H groups in total. The van der Waals surface area contributed by atoms with Crippen LogP contribution in [0.4, 0.5) is 5.69 Å². The molecule has 1 aliphatic heterocycles. The number of rotatable bonds is 5. The second-order valence-electron chi connectivity index (χ2n) is 7.64. The van der Waals surface area contributed by atoms with Crippen LogP contribution in [0.1, 0.15) is 36.0 Å². The number of nitrogens with zero attached hydrogens (tertiary/aromatic N) is 2. The van der Waals surface area contributed by atoms with E-state index < -0.39 is 16.0 Å². The van der Waals surface area contributed by atoms with Crippen molar-refractivity contribution in [3.63, 3.8) is 0 Å². The van der Waals surface area contributed by atoms with Crippen LogP contribution in [0.15, 0.2) is 23.1 Å². The number of methoxy groups -OCH3 is 1. The molecule has 3 atom stereocenters. The van der Waals surface area contributed by atoms with Crippen LogP contribution < -0.4 is 4.90 Å². The Labute approximate surface area is 165 Å². The molecule has 1 heterocycles. The maximum absolute atomic E-state index is 13.2. The third-order valence-electron chi connectivity index (χ3n) is 5.85. The highest BCUT2D eigenvalue weighted by Gasteiger charge is 2.46. The minimum atomic E-state index is -3.82. The summed E-state index contributed by atoms with van der Waals surface area (Å²) < 4.78 is 32.8. The molecule has 1 saturated carbocycles. The molecule has 2 aliphatic rings. The molecule has 1 aromatic rings. The highest BCUT2D eigenvalue weighted by atomic mass is 32.2. The monoisotopic (exact) mass is 410 g/mol. The molecule has 0 spiro atoms. The fraction of sp³-hybridized carbons (Fsp3) is 0.579. The van der Waals surface area contributed by atoms with Crippen molar-refractivity contribution in [2.45, 2.75) is 36.6 Å². The molecule has 1 aromatic carbocycles. The minimum absolute atomic E-state index is 0.00811. The van der Waals surface area contributed by atoms with Gasteiger partial charge in [0.15, 0.2) is 0 Å². The summed E-state index contributed by atoms with van der Waals surface area (Å²) in [5.41, 5.74) is 0.403. The van der Waals surface area contributed by atoms with Gasteiger partial charge in [0.1, 0.15) is 0 Å². The van der Waals surface area contributed by atoms with Gasteiger partial charge in [-0.3, -0.25) is 4.79 Å². The second-order valence-corrected chi connectivity index (χ2v) is 9.53. The Morgan fingerprint density at radius 1 is 1.21 bits per heavy atom. The van der Waals surface area contributed by atoms with E-state index in [2.05, 4.69) is 0 Å². The average Bonchev–Trinajstić information content (AvgIpc) is 3.10.